The molecule has 0 saturated carbocycles. The minimum Gasteiger partial charge on any atom is -0.497 e. The number of hydrogen-bond acceptors (Lipinski definition) is 4. The fraction of sp³-hybridized carbons (Fsp3) is 0.273. The summed E-state index contributed by atoms with van der Waals surface area (Å²) in [6.07, 6.45) is 0. The van der Waals surface area contributed by atoms with Gasteiger partial charge in [0.2, 0.25) is 5.76 Å². The number of rotatable bonds is 5. The van der Waals surface area contributed by atoms with Gasteiger partial charge in [-0.1, -0.05) is 12.1 Å². The number of ether oxygens (including phenoxy) is 1. The summed E-state index contributed by atoms with van der Waals surface area (Å²) in [5, 5.41) is 0.129. The van der Waals surface area contributed by atoms with Crippen molar-refractivity contribution >= 4 is 16.9 Å². The van der Waals surface area contributed by atoms with Gasteiger partial charge in [0.25, 0.3) is 5.91 Å². The third kappa shape index (κ3) is 3.27. The zero-order valence-corrected chi connectivity index (χ0v) is 16.5. The third-order valence-electron chi connectivity index (χ3n) is 5.19. The van der Waals surface area contributed by atoms with Crippen molar-refractivity contribution in [2.24, 2.45) is 0 Å². The Morgan fingerprint density at radius 2 is 1.97 bits per heavy atom. The molecule has 3 aromatic rings. The van der Waals surface area contributed by atoms with E-state index in [1.807, 2.05) is 26.2 Å². The number of likely N-dealkylation sites (N-methyl/N-ethyl adjacent to an activating group) is 1. The average molecular weight is 397 g/mol. The lowest BCUT2D eigenvalue weighted by molar-refractivity contribution is -0.857. The second kappa shape index (κ2) is 7.33. The van der Waals surface area contributed by atoms with E-state index < -0.39 is 11.9 Å². The Kier molecular flexibility index (Phi) is 4.84. The van der Waals surface area contributed by atoms with Gasteiger partial charge in [-0.15, -0.1) is 0 Å². The fourth-order valence-electron chi connectivity index (χ4n) is 3.73. The lowest BCUT2D eigenvalue weighted by Crippen LogP contribution is -3.06. The first-order valence-corrected chi connectivity index (χ1v) is 9.41. The SMILES string of the molecule is COc1cccc([C@@H]2c3c(oc4ccc(F)cc4c3=O)C(=O)N2CC[NH+](C)C)c1. The predicted molar refractivity (Wildman–Crippen MR) is 106 cm³/mol. The van der Waals surface area contributed by atoms with E-state index in [-0.39, 0.29) is 33.6 Å². The highest BCUT2D eigenvalue weighted by Gasteiger charge is 2.43. The van der Waals surface area contributed by atoms with Crippen molar-refractivity contribution in [1.29, 1.82) is 0 Å². The summed E-state index contributed by atoms with van der Waals surface area (Å²) < 4.78 is 24.9. The summed E-state index contributed by atoms with van der Waals surface area (Å²) in [7, 11) is 5.55. The number of carbonyl (C=O) groups excluding carboxylic acids is 1. The molecule has 1 aromatic heterocycles. The topological polar surface area (TPSA) is 64.2 Å². The Morgan fingerprint density at radius 3 is 2.69 bits per heavy atom. The van der Waals surface area contributed by atoms with Crippen LogP contribution >= 0.6 is 0 Å². The van der Waals surface area contributed by atoms with Gasteiger partial charge in [-0.3, -0.25) is 9.59 Å². The van der Waals surface area contributed by atoms with Crippen molar-refractivity contribution in [2.75, 3.05) is 34.3 Å². The maximum atomic E-state index is 13.8. The monoisotopic (exact) mass is 397 g/mol. The van der Waals surface area contributed by atoms with E-state index >= 15 is 0 Å². The Morgan fingerprint density at radius 1 is 1.17 bits per heavy atom. The average Bonchev–Trinajstić information content (AvgIpc) is 2.99. The Labute approximate surface area is 167 Å². The van der Waals surface area contributed by atoms with Crippen LogP contribution in [-0.4, -0.2) is 45.1 Å². The van der Waals surface area contributed by atoms with Crippen LogP contribution in [0.2, 0.25) is 0 Å². The fourth-order valence-corrected chi connectivity index (χ4v) is 3.73. The molecule has 1 amide bonds. The number of benzene rings is 2. The molecule has 0 unspecified atom stereocenters. The van der Waals surface area contributed by atoms with Crippen LogP contribution in [0.5, 0.6) is 5.75 Å². The molecular formula is C22H22FN2O4+. The molecular weight excluding hydrogens is 375 g/mol. The molecule has 1 aliphatic heterocycles. The highest BCUT2D eigenvalue weighted by molar-refractivity contribution is 5.99. The minimum absolute atomic E-state index is 0.0238. The lowest BCUT2D eigenvalue weighted by atomic mass is 9.98. The molecule has 0 fully saturated rings. The molecule has 0 bridgehead atoms. The zero-order valence-electron chi connectivity index (χ0n) is 16.5. The highest BCUT2D eigenvalue weighted by atomic mass is 19.1. The van der Waals surface area contributed by atoms with Crippen molar-refractivity contribution in [3.63, 3.8) is 0 Å². The number of hydrogen-bond donors (Lipinski definition) is 1. The van der Waals surface area contributed by atoms with E-state index in [0.29, 0.717) is 18.8 Å². The summed E-state index contributed by atoms with van der Waals surface area (Å²) in [6.45, 7) is 1.14. The van der Waals surface area contributed by atoms with E-state index in [9.17, 15) is 14.0 Å². The van der Waals surface area contributed by atoms with Crippen molar-refractivity contribution in [3.05, 3.63) is 75.4 Å². The molecule has 29 heavy (non-hydrogen) atoms. The number of carbonyl (C=O) groups is 1. The van der Waals surface area contributed by atoms with Gasteiger partial charge in [0.1, 0.15) is 17.1 Å². The molecule has 0 spiro atoms. The maximum Gasteiger partial charge on any atom is 0.291 e. The van der Waals surface area contributed by atoms with Gasteiger partial charge in [-0.25, -0.2) is 4.39 Å². The summed E-state index contributed by atoms with van der Waals surface area (Å²) in [6, 6.07) is 10.4. The molecule has 0 radical (unpaired) electrons. The van der Waals surface area contributed by atoms with Gasteiger partial charge in [-0.2, -0.15) is 0 Å². The number of quaternary nitrogens is 1. The van der Waals surface area contributed by atoms with Crippen LogP contribution < -0.4 is 15.1 Å². The maximum absolute atomic E-state index is 13.8. The number of halogens is 1. The highest BCUT2D eigenvalue weighted by Crippen LogP contribution is 2.38. The minimum atomic E-state index is -0.615. The molecule has 1 N–H and O–H groups in total. The van der Waals surface area contributed by atoms with Gasteiger partial charge < -0.3 is 19.0 Å². The largest absolute Gasteiger partial charge is 0.497 e. The zero-order chi connectivity index (χ0) is 20.7. The van der Waals surface area contributed by atoms with Gasteiger partial charge in [0.05, 0.1) is 51.3 Å². The molecule has 150 valence electrons. The second-order valence-corrected chi connectivity index (χ2v) is 7.45. The molecule has 7 heteroatoms. The van der Waals surface area contributed by atoms with Crippen molar-refractivity contribution in [2.45, 2.75) is 6.04 Å². The van der Waals surface area contributed by atoms with Crippen molar-refractivity contribution < 1.29 is 23.2 Å². The number of amides is 1. The van der Waals surface area contributed by atoms with Crippen molar-refractivity contribution in [1.82, 2.24) is 4.90 Å². The standard InChI is InChI=1S/C22H21FN2O4/c1-24(2)9-10-25-19(13-5-4-6-15(11-13)28-3)18-20(26)16-12-14(23)7-8-17(16)29-21(18)22(25)27/h4-8,11-12,19H,9-10H2,1-3H3/p+1/t19-/m1/s1. The van der Waals surface area contributed by atoms with Crippen LogP contribution in [0.4, 0.5) is 4.39 Å². The molecule has 1 aliphatic rings. The Hall–Kier alpha value is -3.19. The van der Waals surface area contributed by atoms with E-state index in [1.54, 1.807) is 24.1 Å². The number of fused-ring (bicyclic) bond motifs is 2. The number of nitrogens with zero attached hydrogens (tertiary/aromatic N) is 1. The van der Waals surface area contributed by atoms with E-state index in [2.05, 4.69) is 0 Å². The van der Waals surface area contributed by atoms with Crippen molar-refractivity contribution in [3.8, 4) is 5.75 Å². The summed E-state index contributed by atoms with van der Waals surface area (Å²) in [5.74, 6) is -0.217. The van der Waals surface area contributed by atoms with Crippen LogP contribution in [0.1, 0.15) is 27.7 Å². The molecule has 6 nitrogen and oxygen atoms in total. The van der Waals surface area contributed by atoms with E-state index in [0.717, 1.165) is 11.6 Å². The third-order valence-corrected chi connectivity index (χ3v) is 5.19. The van der Waals surface area contributed by atoms with Gasteiger partial charge in [-0.05, 0) is 35.9 Å². The Balaban J connectivity index is 1.95. The van der Waals surface area contributed by atoms with E-state index in [4.69, 9.17) is 9.15 Å². The van der Waals surface area contributed by atoms with E-state index in [1.165, 1.54) is 17.0 Å². The normalized spacial score (nSPS) is 16.0. The first-order chi connectivity index (χ1) is 13.9. The Bertz CT molecular complexity index is 1160. The predicted octanol–water partition coefficient (Wildman–Crippen LogP) is 1.63. The van der Waals surface area contributed by atoms with Gasteiger partial charge >= 0.3 is 0 Å². The first-order valence-electron chi connectivity index (χ1n) is 9.41. The summed E-state index contributed by atoms with van der Waals surface area (Å²) >= 11 is 0. The number of methoxy groups -OCH3 is 1. The van der Waals surface area contributed by atoms with Crippen LogP contribution in [0.15, 0.2) is 51.7 Å². The quantitative estimate of drug-likeness (QED) is 0.711. The van der Waals surface area contributed by atoms with Crippen LogP contribution in [-0.2, 0) is 0 Å². The molecule has 0 aliphatic carbocycles. The first kappa shape index (κ1) is 19.1. The summed E-state index contributed by atoms with van der Waals surface area (Å²) in [5.41, 5.74) is 0.804. The molecule has 2 aromatic carbocycles. The number of nitrogens with one attached hydrogen (secondary N) is 1. The molecule has 4 rings (SSSR count). The van der Waals surface area contributed by atoms with Crippen LogP contribution in [0.3, 0.4) is 0 Å². The van der Waals surface area contributed by atoms with Crippen LogP contribution in [0.25, 0.3) is 11.0 Å². The smallest absolute Gasteiger partial charge is 0.291 e. The molecule has 2 heterocycles. The lowest BCUT2D eigenvalue weighted by Gasteiger charge is -2.25. The molecule has 0 saturated heterocycles. The van der Waals surface area contributed by atoms with Crippen LogP contribution in [0, 0.1) is 5.82 Å². The molecule has 1 atom stereocenters. The van der Waals surface area contributed by atoms with Gasteiger partial charge in [0, 0.05) is 0 Å². The van der Waals surface area contributed by atoms with Gasteiger partial charge in [0.15, 0.2) is 5.43 Å². The summed E-state index contributed by atoms with van der Waals surface area (Å²) in [4.78, 5) is 29.3. The second-order valence-electron chi connectivity index (χ2n) is 7.45.